The predicted molar refractivity (Wildman–Crippen MR) is 125 cm³/mol. The van der Waals surface area contributed by atoms with Crippen LogP contribution >= 0.6 is 23.2 Å². The Kier molecular flexibility index (Phi) is 7.92. The SMILES string of the molecule is Cc1ccc(Nc2cc(C)nc(NCCNC(=O)COc3ccc(Cl)cc3Cl)n2)cc1. The maximum absolute atomic E-state index is 12.0. The van der Waals surface area contributed by atoms with Crippen LogP contribution in [0.15, 0.2) is 48.5 Å². The summed E-state index contributed by atoms with van der Waals surface area (Å²) in [7, 11) is 0. The molecule has 7 nitrogen and oxygen atoms in total. The second-order valence-corrected chi connectivity index (χ2v) is 7.69. The summed E-state index contributed by atoms with van der Waals surface area (Å²) in [6, 6.07) is 14.7. The molecule has 0 spiro atoms. The summed E-state index contributed by atoms with van der Waals surface area (Å²) in [5.41, 5.74) is 2.96. The van der Waals surface area contributed by atoms with Crippen molar-refractivity contribution in [1.29, 1.82) is 0 Å². The molecule has 0 bridgehead atoms. The number of aromatic nitrogens is 2. The lowest BCUT2D eigenvalue weighted by atomic mass is 10.2. The summed E-state index contributed by atoms with van der Waals surface area (Å²) in [4.78, 5) is 20.8. The van der Waals surface area contributed by atoms with Gasteiger partial charge in [0.05, 0.1) is 5.02 Å². The first kappa shape index (κ1) is 22.7. The van der Waals surface area contributed by atoms with Crippen LogP contribution in [-0.2, 0) is 4.79 Å². The largest absolute Gasteiger partial charge is 0.482 e. The van der Waals surface area contributed by atoms with Crippen LogP contribution in [0.5, 0.6) is 5.75 Å². The topological polar surface area (TPSA) is 88.2 Å². The first-order valence-electron chi connectivity index (χ1n) is 9.67. The van der Waals surface area contributed by atoms with Crippen LogP contribution in [0.1, 0.15) is 11.3 Å². The number of aryl methyl sites for hydroxylation is 2. The summed E-state index contributed by atoms with van der Waals surface area (Å²) >= 11 is 11.9. The van der Waals surface area contributed by atoms with Gasteiger partial charge in [-0.1, -0.05) is 40.9 Å². The molecule has 0 radical (unpaired) electrons. The Morgan fingerprint density at radius 1 is 1.00 bits per heavy atom. The van der Waals surface area contributed by atoms with Gasteiger partial charge in [0.1, 0.15) is 11.6 Å². The molecule has 1 aromatic heterocycles. The molecule has 0 saturated heterocycles. The second kappa shape index (κ2) is 10.8. The zero-order valence-corrected chi connectivity index (χ0v) is 18.7. The number of hydrogen-bond donors (Lipinski definition) is 3. The van der Waals surface area contributed by atoms with Gasteiger partial charge >= 0.3 is 0 Å². The van der Waals surface area contributed by atoms with E-state index in [0.717, 1.165) is 11.4 Å². The highest BCUT2D eigenvalue weighted by Gasteiger charge is 2.07. The molecule has 162 valence electrons. The third-order valence-corrected chi connectivity index (χ3v) is 4.69. The fraction of sp³-hybridized carbons (Fsp3) is 0.227. The maximum Gasteiger partial charge on any atom is 0.258 e. The van der Waals surface area contributed by atoms with E-state index in [1.54, 1.807) is 18.2 Å². The van der Waals surface area contributed by atoms with Gasteiger partial charge in [0.25, 0.3) is 5.91 Å². The number of halogens is 2. The average Bonchev–Trinajstić information content (AvgIpc) is 2.72. The number of rotatable bonds is 9. The molecule has 0 aliphatic rings. The van der Waals surface area contributed by atoms with Crippen molar-refractivity contribution < 1.29 is 9.53 Å². The van der Waals surface area contributed by atoms with Gasteiger partial charge in [0.2, 0.25) is 5.95 Å². The summed E-state index contributed by atoms with van der Waals surface area (Å²) in [6.45, 7) is 4.63. The zero-order chi connectivity index (χ0) is 22.2. The van der Waals surface area contributed by atoms with Crippen molar-refractivity contribution in [3.05, 3.63) is 69.8 Å². The molecule has 3 rings (SSSR count). The van der Waals surface area contributed by atoms with Gasteiger partial charge < -0.3 is 20.7 Å². The van der Waals surface area contributed by atoms with Crippen molar-refractivity contribution in [3.8, 4) is 5.75 Å². The van der Waals surface area contributed by atoms with Gasteiger partial charge in [-0.15, -0.1) is 0 Å². The van der Waals surface area contributed by atoms with E-state index in [1.807, 2.05) is 44.2 Å². The highest BCUT2D eigenvalue weighted by atomic mass is 35.5. The fourth-order valence-corrected chi connectivity index (χ4v) is 3.12. The van der Waals surface area contributed by atoms with Gasteiger partial charge in [0.15, 0.2) is 6.61 Å². The molecule has 1 amide bonds. The van der Waals surface area contributed by atoms with Crippen LogP contribution in [0.25, 0.3) is 0 Å². The zero-order valence-electron chi connectivity index (χ0n) is 17.2. The third-order valence-electron chi connectivity index (χ3n) is 4.16. The number of nitrogens with one attached hydrogen (secondary N) is 3. The van der Waals surface area contributed by atoms with Crippen LogP contribution < -0.4 is 20.7 Å². The van der Waals surface area contributed by atoms with Gasteiger partial charge in [-0.3, -0.25) is 4.79 Å². The number of amides is 1. The van der Waals surface area contributed by atoms with Crippen LogP contribution in [0, 0.1) is 13.8 Å². The van der Waals surface area contributed by atoms with Crippen molar-refractivity contribution in [3.63, 3.8) is 0 Å². The van der Waals surface area contributed by atoms with E-state index in [9.17, 15) is 4.79 Å². The molecular weight excluding hydrogens is 437 g/mol. The molecule has 1 heterocycles. The first-order chi connectivity index (χ1) is 14.9. The minimum atomic E-state index is -0.264. The normalized spacial score (nSPS) is 10.5. The lowest BCUT2D eigenvalue weighted by Gasteiger charge is -2.11. The van der Waals surface area contributed by atoms with Gasteiger partial charge in [-0.05, 0) is 44.2 Å². The number of anilines is 3. The number of nitrogens with zero attached hydrogens (tertiary/aromatic N) is 2. The highest BCUT2D eigenvalue weighted by Crippen LogP contribution is 2.27. The van der Waals surface area contributed by atoms with Gasteiger partial charge in [-0.2, -0.15) is 4.98 Å². The van der Waals surface area contributed by atoms with Crippen LogP contribution in [-0.4, -0.2) is 35.6 Å². The molecule has 0 aliphatic carbocycles. The van der Waals surface area contributed by atoms with Crippen molar-refractivity contribution in [1.82, 2.24) is 15.3 Å². The van der Waals surface area contributed by atoms with Crippen LogP contribution in [0.4, 0.5) is 17.5 Å². The molecule has 0 fully saturated rings. The molecule has 0 aliphatic heterocycles. The lowest BCUT2D eigenvalue weighted by Crippen LogP contribution is -2.33. The highest BCUT2D eigenvalue weighted by molar-refractivity contribution is 6.35. The molecule has 9 heteroatoms. The molecule has 31 heavy (non-hydrogen) atoms. The molecule has 0 unspecified atom stereocenters. The Balaban J connectivity index is 1.44. The van der Waals surface area contributed by atoms with Crippen molar-refractivity contribution in [2.45, 2.75) is 13.8 Å². The summed E-state index contributed by atoms with van der Waals surface area (Å²) < 4.78 is 5.41. The quantitative estimate of drug-likeness (QED) is 0.400. The lowest BCUT2D eigenvalue weighted by molar-refractivity contribution is -0.123. The molecule has 0 saturated carbocycles. The Bertz CT molecular complexity index is 1040. The molecule has 3 N–H and O–H groups in total. The number of hydrogen-bond acceptors (Lipinski definition) is 6. The summed E-state index contributed by atoms with van der Waals surface area (Å²) in [5.74, 6) is 1.31. The van der Waals surface area contributed by atoms with Crippen molar-refractivity contribution in [2.24, 2.45) is 0 Å². The average molecular weight is 460 g/mol. The van der Waals surface area contributed by atoms with E-state index in [-0.39, 0.29) is 12.5 Å². The summed E-state index contributed by atoms with van der Waals surface area (Å²) in [5, 5.41) is 10.00. The minimum absolute atomic E-state index is 0.146. The third kappa shape index (κ3) is 7.31. The number of ether oxygens (including phenoxy) is 1. The Labute approximate surface area is 191 Å². The number of carbonyl (C=O) groups is 1. The van der Waals surface area contributed by atoms with Crippen LogP contribution in [0.3, 0.4) is 0 Å². The predicted octanol–water partition coefficient (Wildman–Crippen LogP) is 4.75. The van der Waals surface area contributed by atoms with E-state index in [0.29, 0.717) is 40.7 Å². The fourth-order valence-electron chi connectivity index (χ4n) is 2.66. The van der Waals surface area contributed by atoms with Crippen molar-refractivity contribution in [2.75, 3.05) is 30.3 Å². The van der Waals surface area contributed by atoms with E-state index in [1.165, 1.54) is 5.56 Å². The smallest absolute Gasteiger partial charge is 0.258 e. The van der Waals surface area contributed by atoms with Crippen LogP contribution in [0.2, 0.25) is 10.0 Å². The van der Waals surface area contributed by atoms with Crippen molar-refractivity contribution >= 4 is 46.6 Å². The number of carbonyl (C=O) groups excluding carboxylic acids is 1. The standard InChI is InChI=1S/C22H23Cl2N5O2/c1-14-3-6-17(7-4-14)28-20-11-15(2)27-22(29-20)26-10-9-25-21(30)13-31-19-8-5-16(23)12-18(19)24/h3-8,11-12H,9-10,13H2,1-2H3,(H,25,30)(H2,26,27,28,29). The minimum Gasteiger partial charge on any atom is -0.482 e. The van der Waals surface area contributed by atoms with Gasteiger partial charge in [0, 0.05) is 35.6 Å². The van der Waals surface area contributed by atoms with E-state index >= 15 is 0 Å². The summed E-state index contributed by atoms with van der Waals surface area (Å²) in [6.07, 6.45) is 0. The molecule has 3 aromatic rings. The Morgan fingerprint density at radius 2 is 1.77 bits per heavy atom. The molecule has 0 atom stereocenters. The Hall–Kier alpha value is -3.03. The molecular formula is C22H23Cl2N5O2. The maximum atomic E-state index is 12.0. The Morgan fingerprint density at radius 3 is 2.52 bits per heavy atom. The van der Waals surface area contributed by atoms with Gasteiger partial charge in [-0.25, -0.2) is 4.98 Å². The monoisotopic (exact) mass is 459 g/mol. The molecule has 2 aromatic carbocycles. The van der Waals surface area contributed by atoms with E-state index in [4.69, 9.17) is 27.9 Å². The first-order valence-corrected chi connectivity index (χ1v) is 10.4. The second-order valence-electron chi connectivity index (χ2n) is 6.85. The number of benzene rings is 2. The van der Waals surface area contributed by atoms with E-state index in [2.05, 4.69) is 25.9 Å². The van der Waals surface area contributed by atoms with E-state index < -0.39 is 0 Å².